The minimum Gasteiger partial charge on any atom is -0.494 e. The molecule has 0 atom stereocenters. The van der Waals surface area contributed by atoms with Crippen LogP contribution in [0.3, 0.4) is 0 Å². The highest BCUT2D eigenvalue weighted by Crippen LogP contribution is 2.29. The predicted molar refractivity (Wildman–Crippen MR) is 115 cm³/mol. The smallest absolute Gasteiger partial charge is 0.257 e. The molecule has 0 bridgehead atoms. The van der Waals surface area contributed by atoms with Crippen LogP contribution in [0, 0.1) is 0 Å². The molecular weight excluding hydrogens is 410 g/mol. The van der Waals surface area contributed by atoms with Crippen molar-refractivity contribution in [3.05, 3.63) is 48.0 Å². The van der Waals surface area contributed by atoms with Crippen LogP contribution in [-0.2, 0) is 10.0 Å². The Hall–Kier alpha value is -2.49. The van der Waals surface area contributed by atoms with Crippen LogP contribution in [0.25, 0.3) is 10.2 Å². The quantitative estimate of drug-likeness (QED) is 0.580. The molecule has 0 radical (unpaired) electrons. The van der Waals surface area contributed by atoms with E-state index in [-0.39, 0.29) is 10.8 Å². The molecule has 7 nitrogen and oxygen atoms in total. The third-order valence-corrected chi connectivity index (χ3v) is 7.35. The van der Waals surface area contributed by atoms with Crippen LogP contribution < -0.4 is 10.1 Å². The van der Waals surface area contributed by atoms with Crippen LogP contribution >= 0.6 is 11.3 Å². The maximum Gasteiger partial charge on any atom is 0.257 e. The van der Waals surface area contributed by atoms with Crippen molar-refractivity contribution in [2.45, 2.75) is 25.7 Å². The first kappa shape index (κ1) is 21.2. The van der Waals surface area contributed by atoms with Gasteiger partial charge in [0.15, 0.2) is 5.13 Å². The first-order valence-corrected chi connectivity index (χ1v) is 11.6. The summed E-state index contributed by atoms with van der Waals surface area (Å²) in [5, 5.41) is 3.24. The summed E-state index contributed by atoms with van der Waals surface area (Å²) in [5.74, 6) is 0.410. The van der Waals surface area contributed by atoms with Crippen molar-refractivity contribution in [2.24, 2.45) is 0 Å². The Kier molecular flexibility index (Phi) is 6.51. The number of nitrogens with one attached hydrogen (secondary N) is 1. The van der Waals surface area contributed by atoms with Gasteiger partial charge in [0, 0.05) is 18.7 Å². The number of fused-ring (bicyclic) bond motifs is 1. The van der Waals surface area contributed by atoms with Gasteiger partial charge in [0.2, 0.25) is 10.0 Å². The average Bonchev–Trinajstić information content (AvgIpc) is 3.10. The zero-order valence-corrected chi connectivity index (χ0v) is 18.1. The minimum atomic E-state index is -3.55. The van der Waals surface area contributed by atoms with Crippen molar-refractivity contribution in [3.63, 3.8) is 0 Å². The van der Waals surface area contributed by atoms with Gasteiger partial charge in [0.05, 0.1) is 21.7 Å². The lowest BCUT2D eigenvalue weighted by Gasteiger charge is -2.18. The van der Waals surface area contributed by atoms with Gasteiger partial charge in [-0.15, -0.1) is 0 Å². The molecule has 154 valence electrons. The highest BCUT2D eigenvalue weighted by atomic mass is 32.2. The molecule has 3 aromatic rings. The standard InChI is InChI=1S/C20H23N3O4S2/c1-4-23(5-2)29(25,26)16-10-7-14(8-11-16)19(24)22-20-21-17-12-9-15(27-6-3)13-18(17)28-20/h7-13H,4-6H2,1-3H3,(H,21,22,24). The highest BCUT2D eigenvalue weighted by molar-refractivity contribution is 7.89. The summed E-state index contributed by atoms with van der Waals surface area (Å²) in [7, 11) is -3.55. The molecule has 0 saturated carbocycles. The molecule has 29 heavy (non-hydrogen) atoms. The van der Waals surface area contributed by atoms with E-state index in [9.17, 15) is 13.2 Å². The molecule has 1 aromatic heterocycles. The van der Waals surface area contributed by atoms with Crippen molar-refractivity contribution >= 4 is 42.6 Å². The molecule has 0 saturated heterocycles. The molecule has 3 rings (SSSR count). The maximum absolute atomic E-state index is 12.5. The fourth-order valence-corrected chi connectivity index (χ4v) is 5.22. The number of hydrogen-bond donors (Lipinski definition) is 1. The number of nitrogens with zero attached hydrogens (tertiary/aromatic N) is 2. The number of aromatic nitrogens is 1. The molecule has 2 aromatic carbocycles. The summed E-state index contributed by atoms with van der Waals surface area (Å²) >= 11 is 1.35. The van der Waals surface area contributed by atoms with Crippen LogP contribution in [0.1, 0.15) is 31.1 Å². The van der Waals surface area contributed by atoms with E-state index in [4.69, 9.17) is 4.74 Å². The van der Waals surface area contributed by atoms with Crippen LogP contribution in [0.4, 0.5) is 5.13 Å². The molecule has 0 unspecified atom stereocenters. The van der Waals surface area contributed by atoms with Gasteiger partial charge in [-0.05, 0) is 49.4 Å². The van der Waals surface area contributed by atoms with Crippen LogP contribution in [0.5, 0.6) is 5.75 Å². The Morgan fingerprint density at radius 3 is 2.41 bits per heavy atom. The largest absolute Gasteiger partial charge is 0.494 e. The number of benzene rings is 2. The van der Waals surface area contributed by atoms with Gasteiger partial charge in [-0.1, -0.05) is 25.2 Å². The summed E-state index contributed by atoms with van der Waals surface area (Å²) < 4.78 is 32.9. The second kappa shape index (κ2) is 8.89. The summed E-state index contributed by atoms with van der Waals surface area (Å²) in [6.45, 7) is 6.86. The molecule has 1 amide bonds. The molecule has 0 fully saturated rings. The van der Waals surface area contributed by atoms with Gasteiger partial charge in [0.1, 0.15) is 5.75 Å². The Morgan fingerprint density at radius 1 is 1.10 bits per heavy atom. The van der Waals surface area contributed by atoms with Crippen molar-refractivity contribution < 1.29 is 17.9 Å². The van der Waals surface area contributed by atoms with E-state index in [0.29, 0.717) is 30.4 Å². The first-order chi connectivity index (χ1) is 13.9. The van der Waals surface area contributed by atoms with E-state index in [1.165, 1.54) is 39.9 Å². The monoisotopic (exact) mass is 433 g/mol. The van der Waals surface area contributed by atoms with Crippen molar-refractivity contribution in [2.75, 3.05) is 25.0 Å². The number of ether oxygens (including phenoxy) is 1. The summed E-state index contributed by atoms with van der Waals surface area (Å²) in [6.07, 6.45) is 0. The lowest BCUT2D eigenvalue weighted by molar-refractivity contribution is 0.102. The number of amides is 1. The zero-order chi connectivity index (χ0) is 21.0. The van der Waals surface area contributed by atoms with Gasteiger partial charge in [-0.2, -0.15) is 4.31 Å². The molecule has 9 heteroatoms. The van der Waals surface area contributed by atoms with Gasteiger partial charge < -0.3 is 4.74 Å². The van der Waals surface area contributed by atoms with E-state index in [1.54, 1.807) is 13.8 Å². The number of hydrogen-bond acceptors (Lipinski definition) is 6. The number of carbonyl (C=O) groups excluding carboxylic acids is 1. The lowest BCUT2D eigenvalue weighted by Crippen LogP contribution is -2.30. The summed E-state index contributed by atoms with van der Waals surface area (Å²) in [4.78, 5) is 17.1. The second-order valence-electron chi connectivity index (χ2n) is 6.15. The normalized spacial score (nSPS) is 11.7. The minimum absolute atomic E-state index is 0.168. The van der Waals surface area contributed by atoms with Crippen LogP contribution in [-0.4, -0.2) is 43.3 Å². The second-order valence-corrected chi connectivity index (χ2v) is 9.12. The molecule has 1 heterocycles. The maximum atomic E-state index is 12.5. The molecule has 0 spiro atoms. The Balaban J connectivity index is 1.76. The van der Waals surface area contributed by atoms with E-state index in [2.05, 4.69) is 10.3 Å². The summed E-state index contributed by atoms with van der Waals surface area (Å²) in [5.41, 5.74) is 1.13. The molecular formula is C20H23N3O4S2. The third kappa shape index (κ3) is 4.58. The molecule has 0 aliphatic carbocycles. The average molecular weight is 434 g/mol. The van der Waals surface area contributed by atoms with E-state index >= 15 is 0 Å². The molecule has 0 aliphatic rings. The zero-order valence-electron chi connectivity index (χ0n) is 16.5. The van der Waals surface area contributed by atoms with Gasteiger partial charge in [0.25, 0.3) is 5.91 Å². The third-order valence-electron chi connectivity index (χ3n) is 4.35. The van der Waals surface area contributed by atoms with E-state index < -0.39 is 10.0 Å². The Morgan fingerprint density at radius 2 is 1.79 bits per heavy atom. The molecule has 0 aliphatic heterocycles. The number of anilines is 1. The number of sulfonamides is 1. The van der Waals surface area contributed by atoms with Crippen molar-refractivity contribution in [1.29, 1.82) is 0 Å². The van der Waals surface area contributed by atoms with Crippen molar-refractivity contribution in [3.8, 4) is 5.75 Å². The lowest BCUT2D eigenvalue weighted by atomic mass is 10.2. The van der Waals surface area contributed by atoms with Gasteiger partial charge in [-0.3, -0.25) is 10.1 Å². The Bertz CT molecular complexity index is 1100. The van der Waals surface area contributed by atoms with E-state index in [0.717, 1.165) is 16.0 Å². The SMILES string of the molecule is CCOc1ccc2nc(NC(=O)c3ccc(S(=O)(=O)N(CC)CC)cc3)sc2c1. The topological polar surface area (TPSA) is 88.6 Å². The fraction of sp³-hybridized carbons (Fsp3) is 0.300. The highest BCUT2D eigenvalue weighted by Gasteiger charge is 2.21. The number of thiazole rings is 1. The van der Waals surface area contributed by atoms with Gasteiger partial charge >= 0.3 is 0 Å². The fourth-order valence-electron chi connectivity index (χ4n) is 2.88. The first-order valence-electron chi connectivity index (χ1n) is 9.34. The van der Waals surface area contributed by atoms with E-state index in [1.807, 2.05) is 25.1 Å². The van der Waals surface area contributed by atoms with Crippen molar-refractivity contribution in [1.82, 2.24) is 9.29 Å². The summed E-state index contributed by atoms with van der Waals surface area (Å²) in [6, 6.07) is 11.5. The Labute approximate surface area is 174 Å². The van der Waals surface area contributed by atoms with Crippen LogP contribution in [0.15, 0.2) is 47.4 Å². The number of rotatable bonds is 8. The predicted octanol–water partition coefficient (Wildman–Crippen LogP) is 3.98. The number of carbonyl (C=O) groups is 1. The van der Waals surface area contributed by atoms with Crippen LogP contribution in [0.2, 0.25) is 0 Å². The molecule has 1 N–H and O–H groups in total. The van der Waals surface area contributed by atoms with Gasteiger partial charge in [-0.25, -0.2) is 13.4 Å².